The molecule has 104 valence electrons. The summed E-state index contributed by atoms with van der Waals surface area (Å²) < 4.78 is 0. The summed E-state index contributed by atoms with van der Waals surface area (Å²) in [5.74, 6) is 0.838. The summed E-state index contributed by atoms with van der Waals surface area (Å²) in [4.78, 5) is 0. The molecule has 3 nitrogen and oxygen atoms in total. The summed E-state index contributed by atoms with van der Waals surface area (Å²) in [5, 5.41) is 8.89. The van der Waals surface area contributed by atoms with Crippen LogP contribution in [0.25, 0.3) is 0 Å². The molecule has 0 bridgehead atoms. The van der Waals surface area contributed by atoms with Gasteiger partial charge in [-0.3, -0.25) is 0 Å². The van der Waals surface area contributed by atoms with Crippen molar-refractivity contribution >= 4 is 0 Å². The zero-order valence-electron chi connectivity index (χ0n) is 11.9. The van der Waals surface area contributed by atoms with Gasteiger partial charge in [0.2, 0.25) is 0 Å². The Morgan fingerprint density at radius 3 is 1.44 bits per heavy atom. The molecule has 0 heterocycles. The molecule has 0 fully saturated rings. The monoisotopic (exact) mass is 235 g/mol. The molecule has 0 aromatic carbocycles. The van der Waals surface area contributed by atoms with Crippen molar-refractivity contribution in [2.45, 2.75) is 41.0 Å². The zero-order valence-corrected chi connectivity index (χ0v) is 11.9. The Labute approximate surface area is 105 Å². The van der Waals surface area contributed by atoms with Crippen molar-refractivity contribution in [2.24, 2.45) is 5.92 Å². The molecular weight excluding hydrogens is 198 g/mol. The molecule has 0 aliphatic rings. The molecular formula is C13H37N3. The molecule has 3 N–H and O–H groups in total. The van der Waals surface area contributed by atoms with E-state index in [0.717, 1.165) is 19.0 Å². The summed E-state index contributed by atoms with van der Waals surface area (Å²) in [6.45, 7) is 8.89. The third kappa shape index (κ3) is 48.6. The second-order valence-corrected chi connectivity index (χ2v) is 3.67. The van der Waals surface area contributed by atoms with Gasteiger partial charge in [0, 0.05) is 0 Å². The van der Waals surface area contributed by atoms with Crippen molar-refractivity contribution in [3.63, 3.8) is 0 Å². The Morgan fingerprint density at radius 1 is 0.938 bits per heavy atom. The lowest BCUT2D eigenvalue weighted by Gasteiger charge is -2.04. The minimum Gasteiger partial charge on any atom is -0.323 e. The quantitative estimate of drug-likeness (QED) is 0.684. The van der Waals surface area contributed by atoms with Crippen molar-refractivity contribution in [1.29, 1.82) is 0 Å². The predicted molar refractivity (Wildman–Crippen MR) is 79.3 cm³/mol. The molecule has 0 radical (unpaired) electrons. The Hall–Kier alpha value is -0.120. The van der Waals surface area contributed by atoms with Crippen LogP contribution in [-0.4, -0.2) is 41.3 Å². The topological polar surface area (TPSA) is 36.1 Å². The summed E-state index contributed by atoms with van der Waals surface area (Å²) in [5.41, 5.74) is 0. The number of nitrogens with one attached hydrogen (secondary N) is 3. The van der Waals surface area contributed by atoms with Crippen LogP contribution in [0.1, 0.15) is 41.0 Å². The summed E-state index contributed by atoms with van der Waals surface area (Å²) in [6.07, 6.45) is 2.51. The fraction of sp³-hybridized carbons (Fsp3) is 1.00. The van der Waals surface area contributed by atoms with E-state index in [9.17, 15) is 0 Å². The van der Waals surface area contributed by atoms with Crippen molar-refractivity contribution < 1.29 is 0 Å². The Bertz CT molecular complexity index is 75.6. The predicted octanol–water partition coefficient (Wildman–Crippen LogP) is 2.34. The van der Waals surface area contributed by atoms with Gasteiger partial charge in [-0.25, -0.2) is 0 Å². The zero-order chi connectivity index (χ0) is 12.5. The van der Waals surface area contributed by atoms with Gasteiger partial charge in [0.25, 0.3) is 0 Å². The summed E-state index contributed by atoms with van der Waals surface area (Å²) >= 11 is 0. The van der Waals surface area contributed by atoms with Gasteiger partial charge >= 0.3 is 0 Å². The van der Waals surface area contributed by atoms with E-state index in [1.165, 1.54) is 12.8 Å². The van der Waals surface area contributed by atoms with Gasteiger partial charge in [-0.15, -0.1) is 0 Å². The molecule has 0 amide bonds. The third-order valence-electron chi connectivity index (χ3n) is 1.75. The lowest BCUT2D eigenvalue weighted by atomic mass is 10.1. The molecule has 3 heteroatoms. The maximum Gasteiger partial charge on any atom is -0.00263 e. The molecule has 0 aromatic rings. The minimum atomic E-state index is 0. The van der Waals surface area contributed by atoms with Crippen LogP contribution in [0.3, 0.4) is 0 Å². The highest BCUT2D eigenvalue weighted by atomic mass is 14.8. The van der Waals surface area contributed by atoms with Crippen molar-refractivity contribution in [2.75, 3.05) is 41.3 Å². The van der Waals surface area contributed by atoms with Gasteiger partial charge in [-0.1, -0.05) is 34.6 Å². The van der Waals surface area contributed by atoms with E-state index >= 15 is 0 Å². The van der Waals surface area contributed by atoms with E-state index < -0.39 is 0 Å². The SMILES string of the molecule is C.CCC(C)CNC.CCCNC.CNC. The Balaban J connectivity index is -0.0000000710. The fourth-order valence-corrected chi connectivity index (χ4v) is 0.743. The first-order valence-electron chi connectivity index (χ1n) is 6.02. The normalized spacial score (nSPS) is 9.94. The van der Waals surface area contributed by atoms with Crippen LogP contribution >= 0.6 is 0 Å². The largest absolute Gasteiger partial charge is 0.323 e. The van der Waals surface area contributed by atoms with Crippen LogP contribution in [0.4, 0.5) is 0 Å². The second kappa shape index (κ2) is 29.4. The van der Waals surface area contributed by atoms with Crippen LogP contribution in [0.5, 0.6) is 0 Å². The van der Waals surface area contributed by atoms with Crippen LogP contribution in [-0.2, 0) is 0 Å². The minimum absolute atomic E-state index is 0. The maximum atomic E-state index is 3.12. The van der Waals surface area contributed by atoms with E-state index in [0.29, 0.717) is 0 Å². The van der Waals surface area contributed by atoms with Crippen molar-refractivity contribution in [3.8, 4) is 0 Å². The number of hydrogen-bond donors (Lipinski definition) is 3. The van der Waals surface area contributed by atoms with E-state index in [2.05, 4.69) is 36.7 Å². The summed E-state index contributed by atoms with van der Waals surface area (Å²) in [6, 6.07) is 0. The van der Waals surface area contributed by atoms with E-state index in [4.69, 9.17) is 0 Å². The lowest BCUT2D eigenvalue weighted by Crippen LogP contribution is -2.14. The summed E-state index contributed by atoms with van der Waals surface area (Å²) in [7, 11) is 7.70. The first-order chi connectivity index (χ1) is 7.14. The van der Waals surface area contributed by atoms with Gasteiger partial charge in [-0.05, 0) is 53.6 Å². The molecule has 1 atom stereocenters. The van der Waals surface area contributed by atoms with Gasteiger partial charge < -0.3 is 16.0 Å². The van der Waals surface area contributed by atoms with E-state index in [1.54, 1.807) is 0 Å². The van der Waals surface area contributed by atoms with Gasteiger partial charge in [-0.2, -0.15) is 0 Å². The lowest BCUT2D eigenvalue weighted by molar-refractivity contribution is 0.528. The maximum absolute atomic E-state index is 3.12. The second-order valence-electron chi connectivity index (χ2n) is 3.67. The number of rotatable bonds is 5. The van der Waals surface area contributed by atoms with Crippen molar-refractivity contribution in [3.05, 3.63) is 0 Å². The average Bonchev–Trinajstić information content (AvgIpc) is 2.21. The molecule has 0 aliphatic carbocycles. The molecule has 0 rings (SSSR count). The van der Waals surface area contributed by atoms with E-state index in [-0.39, 0.29) is 7.43 Å². The fourth-order valence-electron chi connectivity index (χ4n) is 0.743. The average molecular weight is 235 g/mol. The molecule has 1 unspecified atom stereocenters. The number of hydrogen-bond acceptors (Lipinski definition) is 3. The molecule has 0 saturated carbocycles. The van der Waals surface area contributed by atoms with Gasteiger partial charge in [0.15, 0.2) is 0 Å². The first-order valence-corrected chi connectivity index (χ1v) is 6.02. The molecule has 0 aromatic heterocycles. The van der Waals surface area contributed by atoms with Crippen molar-refractivity contribution in [1.82, 2.24) is 16.0 Å². The van der Waals surface area contributed by atoms with Crippen LogP contribution < -0.4 is 16.0 Å². The Kier molecular flexibility index (Phi) is 45.7. The smallest absolute Gasteiger partial charge is 0.00263 e. The van der Waals surface area contributed by atoms with Crippen LogP contribution in [0.15, 0.2) is 0 Å². The highest BCUT2D eigenvalue weighted by molar-refractivity contribution is 4.49. The van der Waals surface area contributed by atoms with E-state index in [1.807, 2.05) is 28.2 Å². The van der Waals surface area contributed by atoms with Crippen LogP contribution in [0.2, 0.25) is 0 Å². The van der Waals surface area contributed by atoms with Crippen LogP contribution in [0, 0.1) is 5.92 Å². The molecule has 0 saturated heterocycles. The standard InChI is InChI=1S/C6H15N.C4H11N.C2H7N.CH4/c1-4-6(2)5-7-3;1-3-4-5-2;1-3-2;/h6-7H,4-5H2,1-3H3;5H,3-4H2,1-2H3;3H,1-2H3;1H4. The molecule has 16 heavy (non-hydrogen) atoms. The first kappa shape index (κ1) is 24.9. The molecule has 0 spiro atoms. The van der Waals surface area contributed by atoms with Gasteiger partial charge in [0.1, 0.15) is 0 Å². The highest BCUT2D eigenvalue weighted by Crippen LogP contribution is 1.95. The van der Waals surface area contributed by atoms with Gasteiger partial charge in [0.05, 0.1) is 0 Å². The molecule has 0 aliphatic heterocycles. The Morgan fingerprint density at radius 2 is 1.38 bits per heavy atom. The third-order valence-corrected chi connectivity index (χ3v) is 1.75. The highest BCUT2D eigenvalue weighted by Gasteiger charge is 1.91.